The summed E-state index contributed by atoms with van der Waals surface area (Å²) >= 11 is 0. The molecule has 2 aromatic carbocycles. The van der Waals surface area contributed by atoms with E-state index in [0.717, 1.165) is 12.1 Å². The van der Waals surface area contributed by atoms with Crippen LogP contribution >= 0.6 is 0 Å². The molecule has 2 bridgehead atoms. The number of carbonyl (C=O) groups is 2. The lowest BCUT2D eigenvalue weighted by molar-refractivity contribution is -0.270. The molecule has 0 aromatic heterocycles. The predicted molar refractivity (Wildman–Crippen MR) is 92.8 cm³/mol. The zero-order valence-electron chi connectivity index (χ0n) is 14.7. The molecule has 2 aliphatic heterocycles. The fourth-order valence-electron chi connectivity index (χ4n) is 4.25. The van der Waals surface area contributed by atoms with Crippen molar-refractivity contribution in [3.8, 4) is 23.0 Å². The molecule has 2 aromatic rings. The molecule has 3 unspecified atom stereocenters. The molecule has 28 heavy (non-hydrogen) atoms. The van der Waals surface area contributed by atoms with Crippen molar-refractivity contribution in [3.63, 3.8) is 0 Å². The van der Waals surface area contributed by atoms with Crippen LogP contribution in [0.1, 0.15) is 63.3 Å². The summed E-state index contributed by atoms with van der Waals surface area (Å²) in [6.07, 6.45) is -1.02. The Kier molecular flexibility index (Phi) is 3.19. The number of ketones is 2. The molecule has 8 heteroatoms. The van der Waals surface area contributed by atoms with Crippen molar-refractivity contribution >= 4 is 11.6 Å². The highest BCUT2D eigenvalue weighted by molar-refractivity contribution is 6.30. The quantitative estimate of drug-likeness (QED) is 0.462. The molecule has 5 rings (SSSR count). The number of phenols is 3. The van der Waals surface area contributed by atoms with Crippen LogP contribution in [0.15, 0.2) is 18.2 Å². The van der Waals surface area contributed by atoms with E-state index in [1.54, 1.807) is 6.92 Å². The van der Waals surface area contributed by atoms with Crippen LogP contribution in [0.3, 0.4) is 0 Å². The van der Waals surface area contributed by atoms with Gasteiger partial charge in [0.05, 0.1) is 22.8 Å². The lowest BCUT2D eigenvalue weighted by Crippen LogP contribution is -2.48. The third kappa shape index (κ3) is 2.07. The van der Waals surface area contributed by atoms with Crippen LogP contribution in [0.25, 0.3) is 0 Å². The van der Waals surface area contributed by atoms with Gasteiger partial charge in [-0.05, 0) is 18.6 Å². The first kappa shape index (κ1) is 17.0. The molecule has 144 valence electrons. The van der Waals surface area contributed by atoms with Crippen molar-refractivity contribution in [1.29, 1.82) is 0 Å². The number of aromatic hydroxyl groups is 3. The van der Waals surface area contributed by atoms with Crippen LogP contribution in [0.5, 0.6) is 23.0 Å². The molecule has 0 saturated carbocycles. The van der Waals surface area contributed by atoms with Gasteiger partial charge in [0.2, 0.25) is 11.6 Å². The molecule has 1 saturated heterocycles. The normalized spacial score (nSPS) is 27.5. The maximum Gasteiger partial charge on any atom is 0.208 e. The van der Waals surface area contributed by atoms with Crippen molar-refractivity contribution < 1.29 is 39.5 Å². The summed E-state index contributed by atoms with van der Waals surface area (Å²) in [4.78, 5) is 26.0. The Morgan fingerprint density at radius 3 is 2.50 bits per heavy atom. The first-order valence-corrected chi connectivity index (χ1v) is 8.80. The molecular formula is C20H16O8. The summed E-state index contributed by atoms with van der Waals surface area (Å²) in [7, 11) is 0. The monoisotopic (exact) mass is 384 g/mol. The van der Waals surface area contributed by atoms with Crippen molar-refractivity contribution in [1.82, 2.24) is 0 Å². The van der Waals surface area contributed by atoms with E-state index < -0.39 is 41.1 Å². The molecule has 1 fully saturated rings. The average Bonchev–Trinajstić information content (AvgIpc) is 2.61. The van der Waals surface area contributed by atoms with Crippen molar-refractivity contribution in [2.75, 3.05) is 0 Å². The number of benzene rings is 2. The number of phenolic OH excluding ortho intramolecular Hbond substituents is 3. The van der Waals surface area contributed by atoms with E-state index in [9.17, 15) is 30.0 Å². The van der Waals surface area contributed by atoms with E-state index >= 15 is 0 Å². The van der Waals surface area contributed by atoms with Gasteiger partial charge in [0.15, 0.2) is 5.78 Å². The van der Waals surface area contributed by atoms with Gasteiger partial charge in [0.25, 0.3) is 0 Å². The van der Waals surface area contributed by atoms with E-state index in [2.05, 4.69) is 0 Å². The highest BCUT2D eigenvalue weighted by Crippen LogP contribution is 2.53. The minimum absolute atomic E-state index is 0.100. The fraction of sp³-hybridized carbons (Fsp3) is 0.300. The Hall–Kier alpha value is -3.10. The maximum absolute atomic E-state index is 13.0. The van der Waals surface area contributed by atoms with E-state index in [0.29, 0.717) is 12.8 Å². The largest absolute Gasteiger partial charge is 0.508 e. The second-order valence-electron chi connectivity index (χ2n) is 7.49. The molecule has 0 radical (unpaired) electrons. The Labute approximate surface area is 158 Å². The first-order chi connectivity index (χ1) is 13.2. The lowest BCUT2D eigenvalue weighted by Gasteiger charge is -2.46. The molecule has 4 N–H and O–H groups in total. The molecule has 3 atom stereocenters. The van der Waals surface area contributed by atoms with E-state index in [1.165, 1.54) is 6.07 Å². The molecule has 0 amide bonds. The van der Waals surface area contributed by atoms with Crippen LogP contribution in [0.2, 0.25) is 0 Å². The summed E-state index contributed by atoms with van der Waals surface area (Å²) in [5, 5.41) is 41.0. The molecule has 3 aliphatic rings. The van der Waals surface area contributed by atoms with Gasteiger partial charge in [0.1, 0.15) is 29.1 Å². The van der Waals surface area contributed by atoms with Gasteiger partial charge in [-0.15, -0.1) is 0 Å². The SMILES string of the molecule is CC12CCC(O)C(O1)c1c(cc3c(c1O)C(=O)c1c(O)cc(O)cc1C3=O)O2. The summed E-state index contributed by atoms with van der Waals surface area (Å²) in [5.74, 6) is -3.71. The van der Waals surface area contributed by atoms with Gasteiger partial charge in [0, 0.05) is 30.5 Å². The summed E-state index contributed by atoms with van der Waals surface area (Å²) in [6, 6.07) is 3.39. The van der Waals surface area contributed by atoms with E-state index in [-0.39, 0.29) is 39.3 Å². The number of rotatable bonds is 0. The maximum atomic E-state index is 13.0. The Bertz CT molecular complexity index is 1090. The van der Waals surface area contributed by atoms with Gasteiger partial charge in [-0.3, -0.25) is 9.59 Å². The minimum Gasteiger partial charge on any atom is -0.508 e. The first-order valence-electron chi connectivity index (χ1n) is 8.80. The van der Waals surface area contributed by atoms with Crippen LogP contribution in [-0.4, -0.2) is 43.9 Å². The highest BCUT2D eigenvalue weighted by atomic mass is 16.7. The molecule has 2 heterocycles. The number of aliphatic hydroxyl groups is 1. The minimum atomic E-state index is -1.02. The highest BCUT2D eigenvalue weighted by Gasteiger charge is 2.49. The molecule has 1 aliphatic carbocycles. The Morgan fingerprint density at radius 1 is 1.04 bits per heavy atom. The van der Waals surface area contributed by atoms with E-state index in [1.807, 2.05) is 0 Å². The van der Waals surface area contributed by atoms with E-state index in [4.69, 9.17) is 9.47 Å². The number of aliphatic hydroxyl groups excluding tert-OH is 1. The van der Waals surface area contributed by atoms with Gasteiger partial charge in [-0.2, -0.15) is 0 Å². The summed E-state index contributed by atoms with van der Waals surface area (Å²) < 4.78 is 11.6. The molecule has 0 spiro atoms. The van der Waals surface area contributed by atoms with Crippen LogP contribution in [-0.2, 0) is 4.74 Å². The third-order valence-corrected chi connectivity index (χ3v) is 5.58. The number of fused-ring (bicyclic) bond motifs is 6. The van der Waals surface area contributed by atoms with Gasteiger partial charge < -0.3 is 29.9 Å². The van der Waals surface area contributed by atoms with Crippen molar-refractivity contribution in [2.24, 2.45) is 0 Å². The Morgan fingerprint density at radius 2 is 1.75 bits per heavy atom. The lowest BCUT2D eigenvalue weighted by atomic mass is 9.80. The van der Waals surface area contributed by atoms with Gasteiger partial charge in [-0.25, -0.2) is 0 Å². The third-order valence-electron chi connectivity index (χ3n) is 5.58. The number of hydrogen-bond acceptors (Lipinski definition) is 8. The molecule has 8 nitrogen and oxygen atoms in total. The van der Waals surface area contributed by atoms with Gasteiger partial charge >= 0.3 is 0 Å². The smallest absolute Gasteiger partial charge is 0.208 e. The number of ether oxygens (including phenoxy) is 2. The van der Waals surface area contributed by atoms with Gasteiger partial charge in [-0.1, -0.05) is 0 Å². The zero-order valence-corrected chi connectivity index (χ0v) is 14.7. The van der Waals surface area contributed by atoms with Crippen LogP contribution in [0.4, 0.5) is 0 Å². The Balaban J connectivity index is 1.78. The standard InChI is InChI=1S/C20H16O8/c1-20-3-2-10(22)19(28-20)15-12(27-20)6-9-14(18(15)26)17(25)13-8(16(9)24)4-7(21)5-11(13)23/h4-6,10,19,21-23,26H,2-3H2,1H3. The summed E-state index contributed by atoms with van der Waals surface area (Å²) in [5.41, 5.74) is -0.737. The summed E-state index contributed by atoms with van der Waals surface area (Å²) in [6.45, 7) is 1.70. The van der Waals surface area contributed by atoms with Crippen LogP contribution < -0.4 is 4.74 Å². The number of carbonyl (C=O) groups excluding carboxylic acids is 2. The van der Waals surface area contributed by atoms with Crippen molar-refractivity contribution in [3.05, 3.63) is 46.0 Å². The molecular weight excluding hydrogens is 368 g/mol. The second-order valence-corrected chi connectivity index (χ2v) is 7.49. The topological polar surface area (TPSA) is 134 Å². The number of hydrogen-bond donors (Lipinski definition) is 4. The zero-order chi connectivity index (χ0) is 20.0. The van der Waals surface area contributed by atoms with Crippen LogP contribution in [0, 0.1) is 0 Å². The fourth-order valence-corrected chi connectivity index (χ4v) is 4.25. The second kappa shape index (κ2) is 5.24. The van der Waals surface area contributed by atoms with Crippen molar-refractivity contribution in [2.45, 2.75) is 37.8 Å². The predicted octanol–water partition coefficient (Wildman–Crippen LogP) is 1.90. The average molecular weight is 384 g/mol.